The molecule has 166 valence electrons. The average molecular weight is 491 g/mol. The summed E-state index contributed by atoms with van der Waals surface area (Å²) in [6.45, 7) is 7.09. The number of ether oxygens (including phenoxy) is 1. The molecule has 0 bridgehead atoms. The van der Waals surface area contributed by atoms with E-state index in [1.165, 1.54) is 16.7 Å². The van der Waals surface area contributed by atoms with Gasteiger partial charge in [-0.05, 0) is 28.8 Å². The van der Waals surface area contributed by atoms with Crippen molar-refractivity contribution in [2.24, 2.45) is 0 Å². The van der Waals surface area contributed by atoms with E-state index < -0.39 is 0 Å². The van der Waals surface area contributed by atoms with Crippen molar-refractivity contribution in [2.45, 2.75) is 6.10 Å². The van der Waals surface area contributed by atoms with E-state index in [2.05, 4.69) is 123 Å². The van der Waals surface area contributed by atoms with Crippen LogP contribution in [0.1, 0.15) is 22.8 Å². The lowest BCUT2D eigenvalue weighted by Gasteiger charge is -2.34. The van der Waals surface area contributed by atoms with E-state index >= 15 is 0 Å². The fourth-order valence-electron chi connectivity index (χ4n) is 4.08. The van der Waals surface area contributed by atoms with Crippen LogP contribution in [-0.2, 0) is 4.74 Å². The van der Waals surface area contributed by atoms with Gasteiger partial charge in [-0.15, -0.1) is 0 Å². The molecular weight excluding hydrogens is 460 g/mol. The molecule has 1 aliphatic heterocycles. The van der Waals surface area contributed by atoms with Crippen molar-refractivity contribution < 1.29 is 4.74 Å². The maximum Gasteiger partial charge on any atom is 0.108 e. The third-order valence-electron chi connectivity index (χ3n) is 5.88. The highest BCUT2D eigenvalue weighted by atomic mass is 79.9. The molecule has 0 atom stereocenters. The standard InChI is InChI=1S/C28H31BrN2O/c29-27-15-7-9-24(23-27)10-8-16-30-17-19-31(20-18-30)21-22-32-28(25-11-3-1-4-12-25)26-13-5-2-6-14-26/h1-15,23,28H,16-22H2. The van der Waals surface area contributed by atoms with E-state index in [-0.39, 0.29) is 6.10 Å². The van der Waals surface area contributed by atoms with E-state index in [0.29, 0.717) is 0 Å². The summed E-state index contributed by atoms with van der Waals surface area (Å²) in [4.78, 5) is 5.03. The molecule has 32 heavy (non-hydrogen) atoms. The first-order valence-corrected chi connectivity index (χ1v) is 12.2. The number of rotatable bonds is 9. The molecule has 0 spiro atoms. The van der Waals surface area contributed by atoms with Gasteiger partial charge in [0.25, 0.3) is 0 Å². The highest BCUT2D eigenvalue weighted by molar-refractivity contribution is 9.10. The predicted molar refractivity (Wildman–Crippen MR) is 137 cm³/mol. The molecule has 1 heterocycles. The monoisotopic (exact) mass is 490 g/mol. The molecule has 3 aromatic carbocycles. The first kappa shape index (κ1) is 22.9. The maximum absolute atomic E-state index is 6.40. The van der Waals surface area contributed by atoms with Gasteiger partial charge in [-0.25, -0.2) is 0 Å². The van der Waals surface area contributed by atoms with Gasteiger partial charge < -0.3 is 4.74 Å². The second-order valence-electron chi connectivity index (χ2n) is 8.17. The first-order chi connectivity index (χ1) is 15.8. The molecule has 3 aromatic rings. The highest BCUT2D eigenvalue weighted by Gasteiger charge is 2.18. The zero-order valence-corrected chi connectivity index (χ0v) is 20.0. The number of piperazine rings is 1. The van der Waals surface area contributed by atoms with E-state index in [0.717, 1.165) is 50.3 Å². The average Bonchev–Trinajstić information content (AvgIpc) is 2.84. The van der Waals surface area contributed by atoms with Gasteiger partial charge in [0.1, 0.15) is 6.10 Å². The molecule has 0 aromatic heterocycles. The van der Waals surface area contributed by atoms with Crippen molar-refractivity contribution in [1.29, 1.82) is 0 Å². The number of halogens is 1. The Kier molecular flexibility index (Phi) is 8.69. The molecule has 0 unspecified atom stereocenters. The maximum atomic E-state index is 6.40. The van der Waals surface area contributed by atoms with Gasteiger partial charge in [-0.1, -0.05) is 101 Å². The van der Waals surface area contributed by atoms with Crippen LogP contribution in [0.2, 0.25) is 0 Å². The fraction of sp³-hybridized carbons (Fsp3) is 0.286. The summed E-state index contributed by atoms with van der Waals surface area (Å²) in [5.41, 5.74) is 3.66. The summed E-state index contributed by atoms with van der Waals surface area (Å²) >= 11 is 3.53. The Labute approximate surface area is 200 Å². The predicted octanol–water partition coefficient (Wildman–Crippen LogP) is 5.89. The zero-order valence-electron chi connectivity index (χ0n) is 18.4. The number of hydrogen-bond acceptors (Lipinski definition) is 3. The third-order valence-corrected chi connectivity index (χ3v) is 6.38. The Balaban J connectivity index is 1.22. The van der Waals surface area contributed by atoms with Crippen LogP contribution in [0.25, 0.3) is 6.08 Å². The van der Waals surface area contributed by atoms with Crippen LogP contribution in [0.5, 0.6) is 0 Å². The third kappa shape index (κ3) is 6.88. The quantitative estimate of drug-likeness (QED) is 0.372. The van der Waals surface area contributed by atoms with Gasteiger partial charge in [0, 0.05) is 43.7 Å². The van der Waals surface area contributed by atoms with E-state index in [1.807, 2.05) is 0 Å². The van der Waals surface area contributed by atoms with Crippen molar-refractivity contribution in [3.63, 3.8) is 0 Å². The van der Waals surface area contributed by atoms with Gasteiger partial charge in [0.2, 0.25) is 0 Å². The van der Waals surface area contributed by atoms with Gasteiger partial charge >= 0.3 is 0 Å². The molecule has 0 saturated carbocycles. The van der Waals surface area contributed by atoms with Crippen molar-refractivity contribution in [1.82, 2.24) is 9.80 Å². The minimum atomic E-state index is -0.0122. The lowest BCUT2D eigenvalue weighted by molar-refractivity contribution is 0.0468. The first-order valence-electron chi connectivity index (χ1n) is 11.4. The Hall–Kier alpha value is -2.24. The highest BCUT2D eigenvalue weighted by Crippen LogP contribution is 2.25. The fourth-order valence-corrected chi connectivity index (χ4v) is 4.50. The Bertz CT molecular complexity index is 929. The van der Waals surface area contributed by atoms with Crippen LogP contribution in [0.4, 0.5) is 0 Å². The van der Waals surface area contributed by atoms with Crippen LogP contribution in [0.3, 0.4) is 0 Å². The Morgan fingerprint density at radius 3 is 2.03 bits per heavy atom. The van der Waals surface area contributed by atoms with Crippen LogP contribution < -0.4 is 0 Å². The minimum Gasteiger partial charge on any atom is -0.367 e. The largest absolute Gasteiger partial charge is 0.367 e. The number of benzene rings is 3. The summed E-state index contributed by atoms with van der Waals surface area (Å²) in [6.07, 6.45) is 4.46. The molecule has 1 saturated heterocycles. The van der Waals surface area contributed by atoms with Crippen LogP contribution in [0, 0.1) is 0 Å². The van der Waals surface area contributed by atoms with Crippen molar-refractivity contribution >= 4 is 22.0 Å². The molecule has 4 rings (SSSR count). The SMILES string of the molecule is Brc1cccc(C=CCN2CCN(CCOC(c3ccccc3)c3ccccc3)CC2)c1. The normalized spacial score (nSPS) is 15.6. The van der Waals surface area contributed by atoms with Gasteiger partial charge in [0.15, 0.2) is 0 Å². The molecule has 0 N–H and O–H groups in total. The topological polar surface area (TPSA) is 15.7 Å². The smallest absolute Gasteiger partial charge is 0.108 e. The van der Waals surface area contributed by atoms with Crippen LogP contribution >= 0.6 is 15.9 Å². The molecule has 4 heteroatoms. The van der Waals surface area contributed by atoms with Gasteiger partial charge in [-0.2, -0.15) is 0 Å². The van der Waals surface area contributed by atoms with Gasteiger partial charge in [-0.3, -0.25) is 9.80 Å². The summed E-state index contributed by atoms with van der Waals surface area (Å²) in [5.74, 6) is 0. The lowest BCUT2D eigenvalue weighted by atomic mass is 10.0. The molecule has 3 nitrogen and oxygen atoms in total. The second kappa shape index (κ2) is 12.1. The summed E-state index contributed by atoms with van der Waals surface area (Å²) in [5, 5.41) is 0. The summed E-state index contributed by atoms with van der Waals surface area (Å²) in [6, 6.07) is 29.5. The van der Waals surface area contributed by atoms with Gasteiger partial charge in [0.05, 0.1) is 6.61 Å². The summed E-state index contributed by atoms with van der Waals surface area (Å²) in [7, 11) is 0. The number of nitrogens with zero attached hydrogens (tertiary/aromatic N) is 2. The second-order valence-corrected chi connectivity index (χ2v) is 9.09. The van der Waals surface area contributed by atoms with E-state index in [4.69, 9.17) is 4.74 Å². The minimum absolute atomic E-state index is 0.0122. The molecular formula is C28H31BrN2O. The molecule has 1 fully saturated rings. The van der Waals surface area contributed by atoms with E-state index in [1.54, 1.807) is 0 Å². The molecule has 0 aliphatic carbocycles. The lowest BCUT2D eigenvalue weighted by Crippen LogP contribution is -2.47. The Morgan fingerprint density at radius 1 is 0.781 bits per heavy atom. The van der Waals surface area contributed by atoms with Crippen molar-refractivity contribution in [3.05, 3.63) is 112 Å². The molecule has 0 radical (unpaired) electrons. The van der Waals surface area contributed by atoms with Crippen LogP contribution in [-0.4, -0.2) is 55.7 Å². The van der Waals surface area contributed by atoms with Crippen LogP contribution in [0.15, 0.2) is 95.5 Å². The van der Waals surface area contributed by atoms with Crippen molar-refractivity contribution in [3.8, 4) is 0 Å². The Morgan fingerprint density at radius 2 is 1.41 bits per heavy atom. The number of hydrogen-bond donors (Lipinski definition) is 0. The molecule has 1 aliphatic rings. The van der Waals surface area contributed by atoms with Crippen molar-refractivity contribution in [2.75, 3.05) is 45.9 Å². The molecule has 0 amide bonds. The zero-order chi connectivity index (χ0) is 22.0. The van der Waals surface area contributed by atoms with E-state index in [9.17, 15) is 0 Å². The summed E-state index contributed by atoms with van der Waals surface area (Å²) < 4.78 is 7.52.